The van der Waals surface area contributed by atoms with Gasteiger partial charge < -0.3 is 10.5 Å². The topological polar surface area (TPSA) is 35.2 Å². The van der Waals surface area contributed by atoms with Crippen molar-refractivity contribution in [3.63, 3.8) is 0 Å². The molecular weight excluding hydrogens is 198 g/mol. The predicted octanol–water partition coefficient (Wildman–Crippen LogP) is 2.75. The van der Waals surface area contributed by atoms with Crippen molar-refractivity contribution in [3.05, 3.63) is 59.2 Å². The molecule has 0 saturated heterocycles. The van der Waals surface area contributed by atoms with Crippen molar-refractivity contribution < 1.29 is 4.74 Å². The van der Waals surface area contributed by atoms with Crippen molar-refractivity contribution in [1.29, 1.82) is 0 Å². The first-order chi connectivity index (χ1) is 7.83. The van der Waals surface area contributed by atoms with Crippen LogP contribution in [0.1, 0.15) is 16.7 Å². The van der Waals surface area contributed by atoms with Crippen LogP contribution < -0.4 is 10.5 Å². The van der Waals surface area contributed by atoms with E-state index in [9.17, 15) is 0 Å². The van der Waals surface area contributed by atoms with Gasteiger partial charge in [0.2, 0.25) is 0 Å². The molecule has 2 aromatic rings. The Hall–Kier alpha value is -1.96. The Morgan fingerprint density at radius 2 is 1.75 bits per heavy atom. The zero-order valence-electron chi connectivity index (χ0n) is 8.94. The Labute approximate surface area is 94.7 Å². The molecule has 0 aliphatic carbocycles. The molecule has 0 spiro atoms. The molecule has 16 heavy (non-hydrogen) atoms. The summed E-state index contributed by atoms with van der Waals surface area (Å²) in [7, 11) is 0. The molecule has 2 aromatic carbocycles. The highest BCUT2D eigenvalue weighted by molar-refractivity contribution is 5.51. The number of hydrogen-bond donors (Lipinski definition) is 1. The summed E-state index contributed by atoms with van der Waals surface area (Å²) in [6.07, 6.45) is 0.899. The number of benzene rings is 2. The summed E-state index contributed by atoms with van der Waals surface area (Å²) in [5.41, 5.74) is 10.3. The second-order valence-electron chi connectivity index (χ2n) is 4.10. The molecule has 0 bridgehead atoms. The van der Waals surface area contributed by atoms with Gasteiger partial charge in [-0.2, -0.15) is 0 Å². The first-order valence-electron chi connectivity index (χ1n) is 5.41. The van der Waals surface area contributed by atoms with Crippen LogP contribution in [0.25, 0.3) is 0 Å². The molecule has 0 unspecified atom stereocenters. The number of anilines is 1. The highest BCUT2D eigenvalue weighted by Gasteiger charge is 2.13. The van der Waals surface area contributed by atoms with E-state index in [-0.39, 0.29) is 0 Å². The lowest BCUT2D eigenvalue weighted by molar-refractivity contribution is 0.307. The van der Waals surface area contributed by atoms with E-state index >= 15 is 0 Å². The molecule has 2 heteroatoms. The second kappa shape index (κ2) is 3.56. The van der Waals surface area contributed by atoms with Gasteiger partial charge in [-0.3, -0.25) is 0 Å². The smallest absolute Gasteiger partial charge is 0.123 e. The summed E-state index contributed by atoms with van der Waals surface area (Å²) in [5, 5.41) is 0. The van der Waals surface area contributed by atoms with Crippen LogP contribution in [-0.4, -0.2) is 0 Å². The summed E-state index contributed by atoms with van der Waals surface area (Å²) in [6, 6.07) is 14.2. The Bertz CT molecular complexity index is 534. The fourth-order valence-corrected chi connectivity index (χ4v) is 2.11. The van der Waals surface area contributed by atoms with E-state index in [1.54, 1.807) is 0 Å². The van der Waals surface area contributed by atoms with Gasteiger partial charge in [-0.05, 0) is 29.3 Å². The normalized spacial score (nSPS) is 13.2. The molecular formula is C14H13NO. The Morgan fingerprint density at radius 3 is 2.62 bits per heavy atom. The molecule has 1 aliphatic heterocycles. The third kappa shape index (κ3) is 1.52. The van der Waals surface area contributed by atoms with E-state index in [1.165, 1.54) is 16.7 Å². The summed E-state index contributed by atoms with van der Waals surface area (Å²) in [5.74, 6) is 0.949. The van der Waals surface area contributed by atoms with Gasteiger partial charge in [0, 0.05) is 17.7 Å². The van der Waals surface area contributed by atoms with Crippen LogP contribution in [-0.2, 0) is 13.0 Å². The van der Waals surface area contributed by atoms with Gasteiger partial charge >= 0.3 is 0 Å². The predicted molar refractivity (Wildman–Crippen MR) is 64.4 cm³/mol. The first kappa shape index (κ1) is 9.28. The van der Waals surface area contributed by atoms with Crippen molar-refractivity contribution in [2.75, 3.05) is 5.73 Å². The highest BCUT2D eigenvalue weighted by Crippen LogP contribution is 2.29. The zero-order valence-corrected chi connectivity index (χ0v) is 8.94. The van der Waals surface area contributed by atoms with Crippen LogP contribution in [0.4, 0.5) is 5.69 Å². The van der Waals surface area contributed by atoms with E-state index in [0.29, 0.717) is 6.61 Å². The summed E-state index contributed by atoms with van der Waals surface area (Å²) >= 11 is 0. The molecule has 0 saturated carbocycles. The van der Waals surface area contributed by atoms with Gasteiger partial charge in [0.25, 0.3) is 0 Å². The van der Waals surface area contributed by atoms with Crippen LogP contribution in [0.5, 0.6) is 5.75 Å². The van der Waals surface area contributed by atoms with Crippen molar-refractivity contribution in [2.45, 2.75) is 13.0 Å². The quantitative estimate of drug-likeness (QED) is 0.680. The minimum absolute atomic E-state index is 0.646. The molecule has 0 aromatic heterocycles. The monoisotopic (exact) mass is 211 g/mol. The molecule has 1 heterocycles. The Balaban J connectivity index is 2.10. The average Bonchev–Trinajstić information content (AvgIpc) is 2.47. The van der Waals surface area contributed by atoms with Crippen LogP contribution in [0.15, 0.2) is 42.5 Å². The number of ether oxygens (including phenoxy) is 1. The number of rotatable bonds is 0. The molecule has 2 nitrogen and oxygen atoms in total. The minimum Gasteiger partial charge on any atom is -0.489 e. The number of fused-ring (bicyclic) bond motifs is 2. The maximum atomic E-state index is 5.80. The molecule has 0 fully saturated rings. The minimum atomic E-state index is 0.646. The van der Waals surface area contributed by atoms with E-state index in [0.717, 1.165) is 17.9 Å². The third-order valence-electron chi connectivity index (χ3n) is 2.97. The van der Waals surface area contributed by atoms with Gasteiger partial charge in [0.1, 0.15) is 12.4 Å². The van der Waals surface area contributed by atoms with Gasteiger partial charge in [-0.15, -0.1) is 0 Å². The lowest BCUT2D eigenvalue weighted by Gasteiger charge is -2.06. The molecule has 2 N–H and O–H groups in total. The van der Waals surface area contributed by atoms with Gasteiger partial charge in [-0.25, -0.2) is 0 Å². The van der Waals surface area contributed by atoms with Crippen molar-refractivity contribution in [2.24, 2.45) is 0 Å². The van der Waals surface area contributed by atoms with Crippen LogP contribution in [0.3, 0.4) is 0 Å². The summed E-state index contributed by atoms with van der Waals surface area (Å²) in [6.45, 7) is 0.646. The Morgan fingerprint density at radius 1 is 0.938 bits per heavy atom. The fourth-order valence-electron chi connectivity index (χ4n) is 2.11. The fraction of sp³-hybridized carbons (Fsp3) is 0.143. The molecule has 0 amide bonds. The van der Waals surface area contributed by atoms with E-state index in [1.807, 2.05) is 24.3 Å². The maximum Gasteiger partial charge on any atom is 0.123 e. The molecule has 80 valence electrons. The molecule has 0 atom stereocenters. The van der Waals surface area contributed by atoms with Crippen LogP contribution in [0.2, 0.25) is 0 Å². The maximum absolute atomic E-state index is 5.80. The largest absolute Gasteiger partial charge is 0.489 e. The van der Waals surface area contributed by atoms with Gasteiger partial charge in [0.05, 0.1) is 0 Å². The average molecular weight is 211 g/mol. The van der Waals surface area contributed by atoms with Gasteiger partial charge in [-0.1, -0.05) is 24.3 Å². The van der Waals surface area contributed by atoms with E-state index in [4.69, 9.17) is 10.5 Å². The summed E-state index contributed by atoms with van der Waals surface area (Å²) < 4.78 is 5.77. The van der Waals surface area contributed by atoms with E-state index < -0.39 is 0 Å². The van der Waals surface area contributed by atoms with Crippen LogP contribution >= 0.6 is 0 Å². The first-order valence-corrected chi connectivity index (χ1v) is 5.41. The highest BCUT2D eigenvalue weighted by atomic mass is 16.5. The van der Waals surface area contributed by atoms with Crippen molar-refractivity contribution >= 4 is 5.69 Å². The SMILES string of the molecule is Nc1ccc2c(c1)Cc1ccccc1CO2. The Kier molecular flexibility index (Phi) is 2.07. The van der Waals surface area contributed by atoms with Crippen molar-refractivity contribution in [1.82, 2.24) is 0 Å². The van der Waals surface area contributed by atoms with E-state index in [2.05, 4.69) is 18.2 Å². The number of nitrogen functional groups attached to an aromatic ring is 1. The summed E-state index contributed by atoms with van der Waals surface area (Å²) in [4.78, 5) is 0. The standard InChI is InChI=1S/C14H13NO/c15-13-5-6-14-12(8-13)7-10-3-1-2-4-11(10)9-16-14/h1-6,8H,7,9,15H2. The third-order valence-corrected chi connectivity index (χ3v) is 2.97. The van der Waals surface area contributed by atoms with Gasteiger partial charge in [0.15, 0.2) is 0 Å². The van der Waals surface area contributed by atoms with Crippen molar-refractivity contribution in [3.8, 4) is 5.75 Å². The second-order valence-corrected chi connectivity index (χ2v) is 4.10. The molecule has 3 rings (SSSR count). The molecule has 1 aliphatic rings. The lowest BCUT2D eigenvalue weighted by Crippen LogP contribution is -1.95. The zero-order chi connectivity index (χ0) is 11.0. The number of nitrogens with two attached hydrogens (primary N) is 1. The number of hydrogen-bond acceptors (Lipinski definition) is 2. The lowest BCUT2D eigenvalue weighted by atomic mass is 10.0. The van der Waals surface area contributed by atoms with Crippen LogP contribution in [0, 0.1) is 0 Å². The molecule has 0 radical (unpaired) electrons.